The lowest BCUT2D eigenvalue weighted by atomic mass is 9.97. The molecule has 1 fully saturated rings. The molecule has 4 rings (SSSR count). The molecule has 1 aromatic heterocycles. The van der Waals surface area contributed by atoms with Gasteiger partial charge in [0.25, 0.3) is 0 Å². The van der Waals surface area contributed by atoms with Crippen LogP contribution in [0.3, 0.4) is 0 Å². The maximum atomic E-state index is 14.4. The average Bonchev–Trinajstić information content (AvgIpc) is 3.24. The molecule has 1 saturated heterocycles. The molecule has 0 spiro atoms. The fraction of sp³-hybridized carbons (Fsp3) is 0.190. The van der Waals surface area contributed by atoms with Gasteiger partial charge in [0.2, 0.25) is 11.8 Å². The van der Waals surface area contributed by atoms with Gasteiger partial charge in [-0.3, -0.25) is 4.79 Å². The number of halogens is 3. The summed E-state index contributed by atoms with van der Waals surface area (Å²) in [6, 6.07) is 8.62. The number of likely N-dealkylation sites (tertiary alicyclic amines) is 1. The van der Waals surface area contributed by atoms with Crippen LogP contribution >= 0.6 is 23.2 Å². The molecular formula is C21H16Cl2FN3O2. The maximum absolute atomic E-state index is 14.4. The zero-order valence-electron chi connectivity index (χ0n) is 15.2. The van der Waals surface area contributed by atoms with Crippen molar-refractivity contribution in [2.75, 3.05) is 13.1 Å². The van der Waals surface area contributed by atoms with Crippen molar-refractivity contribution < 1.29 is 13.9 Å². The number of hydrogen-bond acceptors (Lipinski definition) is 4. The second-order valence-electron chi connectivity index (χ2n) is 6.70. The Morgan fingerprint density at radius 2 is 2.10 bits per heavy atom. The molecular weight excluding hydrogens is 416 g/mol. The van der Waals surface area contributed by atoms with Gasteiger partial charge in [-0.05, 0) is 42.3 Å². The highest BCUT2D eigenvalue weighted by molar-refractivity contribution is 6.42. The summed E-state index contributed by atoms with van der Waals surface area (Å²) in [6.07, 6.45) is 3.53. The molecule has 148 valence electrons. The number of ether oxygens (including phenoxy) is 1. The number of carbonyl (C=O) groups is 1. The lowest BCUT2D eigenvalue weighted by molar-refractivity contribution is -0.125. The molecule has 0 saturated carbocycles. The van der Waals surface area contributed by atoms with Gasteiger partial charge in [0, 0.05) is 19.0 Å². The quantitative estimate of drug-likeness (QED) is 0.411. The van der Waals surface area contributed by atoms with E-state index < -0.39 is 5.82 Å². The molecule has 2 heterocycles. The number of nitrogens with zero attached hydrogens (tertiary/aromatic N) is 3. The fourth-order valence-electron chi connectivity index (χ4n) is 3.44. The smallest absolute Gasteiger partial charge is 0.245 e. The molecule has 5 nitrogen and oxygen atoms in total. The molecule has 29 heavy (non-hydrogen) atoms. The van der Waals surface area contributed by atoms with Crippen molar-refractivity contribution >= 4 is 40.0 Å². The van der Waals surface area contributed by atoms with Gasteiger partial charge in [0.05, 0.1) is 20.9 Å². The van der Waals surface area contributed by atoms with Crippen LogP contribution in [0.4, 0.5) is 4.39 Å². The molecule has 3 aromatic rings. The molecule has 0 aliphatic carbocycles. The van der Waals surface area contributed by atoms with E-state index in [4.69, 9.17) is 27.9 Å². The summed E-state index contributed by atoms with van der Waals surface area (Å²) in [4.78, 5) is 22.0. The molecule has 8 heteroatoms. The highest BCUT2D eigenvalue weighted by atomic mass is 35.5. The summed E-state index contributed by atoms with van der Waals surface area (Å²) >= 11 is 11.7. The minimum atomic E-state index is -0.753. The molecule has 0 radical (unpaired) electrons. The predicted molar refractivity (Wildman–Crippen MR) is 110 cm³/mol. The first-order valence-corrected chi connectivity index (χ1v) is 9.71. The van der Waals surface area contributed by atoms with Crippen molar-refractivity contribution in [3.63, 3.8) is 0 Å². The van der Waals surface area contributed by atoms with Crippen LogP contribution in [0.2, 0.25) is 10.0 Å². The van der Waals surface area contributed by atoms with Gasteiger partial charge in [-0.1, -0.05) is 35.8 Å². The Bertz CT molecular complexity index is 1120. The van der Waals surface area contributed by atoms with Crippen molar-refractivity contribution in [2.24, 2.45) is 0 Å². The van der Waals surface area contributed by atoms with Crippen LogP contribution in [0.25, 0.3) is 10.9 Å². The standard InChI is InChI=1S/C21H16Cl2FN3O2/c1-2-18(28)27-8-7-13(10-27)12-3-5-16-14(9-12)21(26-11-25-16)29-17-6-4-15(22)19(23)20(17)24/h2-6,9,11,13H,1,7-8,10H2/t13-/m0/s1. The SMILES string of the molecule is C=CC(=O)N1CC[C@H](c2ccc3ncnc(Oc4ccc(Cl)c(Cl)c4F)c3c2)C1. The van der Waals surface area contributed by atoms with Crippen LogP contribution in [-0.4, -0.2) is 33.9 Å². The number of benzene rings is 2. The number of fused-ring (bicyclic) bond motifs is 1. The van der Waals surface area contributed by atoms with Crippen LogP contribution < -0.4 is 4.74 Å². The van der Waals surface area contributed by atoms with E-state index in [1.807, 2.05) is 18.2 Å². The van der Waals surface area contributed by atoms with Crippen LogP contribution in [0.1, 0.15) is 17.9 Å². The molecule has 0 unspecified atom stereocenters. The first-order valence-electron chi connectivity index (χ1n) is 8.95. The van der Waals surface area contributed by atoms with E-state index in [1.165, 1.54) is 24.5 Å². The van der Waals surface area contributed by atoms with Gasteiger partial charge in [0.1, 0.15) is 6.33 Å². The summed E-state index contributed by atoms with van der Waals surface area (Å²) in [6.45, 7) is 4.83. The third-order valence-corrected chi connectivity index (χ3v) is 5.76. The van der Waals surface area contributed by atoms with Gasteiger partial charge in [0.15, 0.2) is 11.6 Å². The monoisotopic (exact) mass is 431 g/mol. The Labute approximate surface area is 176 Å². The number of rotatable bonds is 4. The van der Waals surface area contributed by atoms with Gasteiger partial charge in [-0.25, -0.2) is 14.4 Å². The van der Waals surface area contributed by atoms with Crippen LogP contribution in [0, 0.1) is 5.82 Å². The maximum Gasteiger partial charge on any atom is 0.245 e. The molecule has 2 aromatic carbocycles. The van der Waals surface area contributed by atoms with E-state index in [-0.39, 0.29) is 33.5 Å². The van der Waals surface area contributed by atoms with Crippen molar-refractivity contribution in [1.82, 2.24) is 14.9 Å². The molecule has 0 bridgehead atoms. The minimum Gasteiger partial charge on any atom is -0.435 e. The Balaban J connectivity index is 1.68. The van der Waals surface area contributed by atoms with E-state index in [2.05, 4.69) is 16.5 Å². The number of aromatic nitrogens is 2. The minimum absolute atomic E-state index is 0.0734. The Hall–Kier alpha value is -2.70. The highest BCUT2D eigenvalue weighted by Crippen LogP contribution is 2.36. The Morgan fingerprint density at radius 1 is 1.28 bits per heavy atom. The summed E-state index contributed by atoms with van der Waals surface area (Å²) in [7, 11) is 0. The average molecular weight is 432 g/mol. The third-order valence-electron chi connectivity index (χ3n) is 4.98. The Kier molecular flexibility index (Phi) is 5.39. The van der Waals surface area contributed by atoms with Gasteiger partial charge < -0.3 is 9.64 Å². The van der Waals surface area contributed by atoms with Crippen LogP contribution in [0.5, 0.6) is 11.6 Å². The Morgan fingerprint density at radius 3 is 2.90 bits per heavy atom. The third kappa shape index (κ3) is 3.78. The topological polar surface area (TPSA) is 55.3 Å². The largest absolute Gasteiger partial charge is 0.435 e. The molecule has 1 aliphatic heterocycles. The van der Waals surface area contributed by atoms with Crippen molar-refractivity contribution in [2.45, 2.75) is 12.3 Å². The molecule has 1 atom stereocenters. The first kappa shape index (κ1) is 19.6. The normalized spacial score (nSPS) is 16.2. The number of carbonyl (C=O) groups excluding carboxylic acids is 1. The van der Waals surface area contributed by atoms with Gasteiger partial charge in [-0.15, -0.1) is 0 Å². The molecule has 1 amide bonds. The summed E-state index contributed by atoms with van der Waals surface area (Å²) in [5.74, 6) is -0.509. The van der Waals surface area contributed by atoms with Crippen LogP contribution in [0.15, 0.2) is 49.3 Å². The molecule has 0 N–H and O–H groups in total. The van der Waals surface area contributed by atoms with Crippen LogP contribution in [-0.2, 0) is 4.79 Å². The number of hydrogen-bond donors (Lipinski definition) is 0. The predicted octanol–water partition coefficient (Wildman–Crippen LogP) is 5.37. The van der Waals surface area contributed by atoms with Crippen molar-refractivity contribution in [1.29, 1.82) is 0 Å². The van der Waals surface area contributed by atoms with E-state index in [0.29, 0.717) is 24.0 Å². The highest BCUT2D eigenvalue weighted by Gasteiger charge is 2.26. The van der Waals surface area contributed by atoms with E-state index in [0.717, 1.165) is 12.0 Å². The van der Waals surface area contributed by atoms with E-state index >= 15 is 0 Å². The van der Waals surface area contributed by atoms with Crippen molar-refractivity contribution in [3.05, 3.63) is 70.7 Å². The summed E-state index contributed by atoms with van der Waals surface area (Å²) < 4.78 is 20.1. The zero-order chi connectivity index (χ0) is 20.5. The molecule has 1 aliphatic rings. The second-order valence-corrected chi connectivity index (χ2v) is 7.49. The summed E-state index contributed by atoms with van der Waals surface area (Å²) in [5, 5.41) is 0.538. The second kappa shape index (κ2) is 7.97. The lowest BCUT2D eigenvalue weighted by Gasteiger charge is -2.15. The van der Waals surface area contributed by atoms with E-state index in [9.17, 15) is 9.18 Å². The fourth-order valence-corrected chi connectivity index (χ4v) is 3.74. The lowest BCUT2D eigenvalue weighted by Crippen LogP contribution is -2.26. The van der Waals surface area contributed by atoms with E-state index in [1.54, 1.807) is 4.90 Å². The van der Waals surface area contributed by atoms with Gasteiger partial charge in [-0.2, -0.15) is 0 Å². The number of amides is 1. The van der Waals surface area contributed by atoms with Gasteiger partial charge >= 0.3 is 0 Å². The first-order chi connectivity index (χ1) is 14.0. The van der Waals surface area contributed by atoms with Crippen molar-refractivity contribution in [3.8, 4) is 11.6 Å². The zero-order valence-corrected chi connectivity index (χ0v) is 16.8. The summed E-state index contributed by atoms with van der Waals surface area (Å²) in [5.41, 5.74) is 1.70.